The van der Waals surface area contributed by atoms with Crippen molar-refractivity contribution in [3.63, 3.8) is 0 Å². The van der Waals surface area contributed by atoms with Crippen LogP contribution in [0.4, 0.5) is 5.69 Å². The fraction of sp³-hybridized carbons (Fsp3) is 0.296. The molecule has 0 fully saturated rings. The number of thioether (sulfide) groups is 1. The molecular formula is C27H29N3O4S. The molecule has 2 heterocycles. The lowest BCUT2D eigenvalue weighted by molar-refractivity contribution is -0.136. The third-order valence-corrected chi connectivity index (χ3v) is 6.93. The largest absolute Gasteiger partial charge is 0.496 e. The summed E-state index contributed by atoms with van der Waals surface area (Å²) < 4.78 is 10.7. The molecule has 0 radical (unpaired) electrons. The van der Waals surface area contributed by atoms with E-state index < -0.39 is 12.0 Å². The van der Waals surface area contributed by atoms with Gasteiger partial charge in [-0.1, -0.05) is 55.9 Å². The number of benzene rings is 2. The van der Waals surface area contributed by atoms with Crippen molar-refractivity contribution >= 4 is 34.5 Å². The van der Waals surface area contributed by atoms with E-state index in [1.807, 2.05) is 58.8 Å². The van der Waals surface area contributed by atoms with E-state index in [2.05, 4.69) is 24.2 Å². The van der Waals surface area contributed by atoms with Crippen molar-refractivity contribution < 1.29 is 19.1 Å². The molecular weight excluding hydrogens is 462 g/mol. The number of amidine groups is 1. The van der Waals surface area contributed by atoms with Crippen LogP contribution in [0.3, 0.4) is 0 Å². The van der Waals surface area contributed by atoms with Crippen LogP contribution in [0.2, 0.25) is 0 Å². The summed E-state index contributed by atoms with van der Waals surface area (Å²) in [6.07, 6.45) is 0.122. The van der Waals surface area contributed by atoms with Crippen molar-refractivity contribution in [3.8, 4) is 5.75 Å². The predicted octanol–water partition coefficient (Wildman–Crippen LogP) is 5.60. The minimum atomic E-state index is -0.537. The highest BCUT2D eigenvalue weighted by Crippen LogP contribution is 2.46. The summed E-state index contributed by atoms with van der Waals surface area (Å²) >= 11 is 1.43. The normalized spacial score (nSPS) is 17.1. The van der Waals surface area contributed by atoms with E-state index in [0.717, 1.165) is 16.9 Å². The average Bonchev–Trinajstić information content (AvgIpc) is 3.24. The number of carbonyl (C=O) groups excluding carboxylic acids is 2. The van der Waals surface area contributed by atoms with Crippen molar-refractivity contribution in [2.75, 3.05) is 19.5 Å². The highest BCUT2D eigenvalue weighted by Gasteiger charge is 2.42. The molecule has 2 aromatic carbocycles. The Morgan fingerprint density at radius 2 is 1.83 bits per heavy atom. The van der Waals surface area contributed by atoms with Crippen molar-refractivity contribution in [3.05, 3.63) is 82.0 Å². The molecule has 0 aromatic heterocycles. The number of methoxy groups -OCH3 is 2. The third-order valence-electron chi connectivity index (χ3n) is 6.04. The highest BCUT2D eigenvalue weighted by atomic mass is 32.2. The van der Waals surface area contributed by atoms with Gasteiger partial charge in [0.2, 0.25) is 5.91 Å². The molecule has 35 heavy (non-hydrogen) atoms. The van der Waals surface area contributed by atoms with Gasteiger partial charge in [0.05, 0.1) is 38.0 Å². The minimum Gasteiger partial charge on any atom is -0.496 e. The number of esters is 1. The number of nitrogens with one attached hydrogen (secondary N) is 1. The lowest BCUT2D eigenvalue weighted by Gasteiger charge is -2.36. The van der Waals surface area contributed by atoms with Crippen LogP contribution >= 0.6 is 11.8 Å². The van der Waals surface area contributed by atoms with Crippen LogP contribution in [0, 0.1) is 0 Å². The Morgan fingerprint density at radius 3 is 2.49 bits per heavy atom. The maximum atomic E-state index is 13.0. The molecule has 1 atom stereocenters. The van der Waals surface area contributed by atoms with Gasteiger partial charge in [0.1, 0.15) is 5.75 Å². The van der Waals surface area contributed by atoms with Gasteiger partial charge < -0.3 is 19.7 Å². The standard InChI is InChI=1S/C27H29N3O4S/c1-16(2)18-10-12-19(13-11-18)29-23(31)14-20-15-35-27-28-17(3)24(26(32)34-5)25(30(20)27)21-8-6-7-9-22(21)33-4/h6-13,15-16,25H,14H2,1-5H3,(H,29,31)/t25-/m0/s1. The van der Waals surface area contributed by atoms with Crippen LogP contribution in [0.5, 0.6) is 5.75 Å². The molecule has 1 amide bonds. The lowest BCUT2D eigenvalue weighted by Crippen LogP contribution is -2.37. The fourth-order valence-electron chi connectivity index (χ4n) is 4.25. The molecule has 182 valence electrons. The number of fused-ring (bicyclic) bond motifs is 1. The van der Waals surface area contributed by atoms with Crippen LogP contribution in [0.25, 0.3) is 0 Å². The van der Waals surface area contributed by atoms with Crippen molar-refractivity contribution in [2.24, 2.45) is 4.99 Å². The zero-order valence-corrected chi connectivity index (χ0v) is 21.3. The quantitative estimate of drug-likeness (QED) is 0.508. The Hall–Kier alpha value is -3.52. The molecule has 4 rings (SSSR count). The molecule has 1 N–H and O–H groups in total. The van der Waals surface area contributed by atoms with Gasteiger partial charge in [-0.2, -0.15) is 0 Å². The van der Waals surface area contributed by atoms with Crippen molar-refractivity contribution in [2.45, 2.75) is 39.2 Å². The number of hydrogen-bond donors (Lipinski definition) is 1. The number of nitrogens with zero attached hydrogens (tertiary/aromatic N) is 2. The second-order valence-electron chi connectivity index (χ2n) is 8.63. The number of rotatable bonds is 7. The number of allylic oxidation sites excluding steroid dienone is 1. The van der Waals surface area contributed by atoms with E-state index in [0.29, 0.717) is 28.1 Å². The van der Waals surface area contributed by atoms with Crippen molar-refractivity contribution in [1.29, 1.82) is 0 Å². The number of ether oxygens (including phenoxy) is 2. The molecule has 2 aliphatic rings. The lowest BCUT2D eigenvalue weighted by atomic mass is 9.93. The summed E-state index contributed by atoms with van der Waals surface area (Å²) in [5, 5.41) is 5.59. The summed E-state index contributed by atoms with van der Waals surface area (Å²) in [6.45, 7) is 6.06. The second kappa shape index (κ2) is 10.4. The topological polar surface area (TPSA) is 80.2 Å². The summed E-state index contributed by atoms with van der Waals surface area (Å²) in [7, 11) is 2.95. The summed E-state index contributed by atoms with van der Waals surface area (Å²) in [5.41, 5.74) is 4.49. The first kappa shape index (κ1) is 24.6. The first-order valence-electron chi connectivity index (χ1n) is 11.4. The first-order chi connectivity index (χ1) is 16.8. The first-order valence-corrected chi connectivity index (χ1v) is 12.3. The van der Waals surface area contributed by atoms with Crippen LogP contribution in [0.1, 0.15) is 50.3 Å². The maximum Gasteiger partial charge on any atom is 0.338 e. The van der Waals surface area contributed by atoms with Gasteiger partial charge in [-0.05, 0) is 42.0 Å². The number of para-hydroxylation sites is 1. The van der Waals surface area contributed by atoms with Crippen molar-refractivity contribution in [1.82, 2.24) is 4.90 Å². The van der Waals surface area contributed by atoms with Crippen LogP contribution in [0.15, 0.2) is 75.9 Å². The number of amides is 1. The Kier molecular flexibility index (Phi) is 7.31. The second-order valence-corrected chi connectivity index (χ2v) is 9.46. The summed E-state index contributed by atoms with van der Waals surface area (Å²) in [5.74, 6) is 0.441. The van der Waals surface area contributed by atoms with Gasteiger partial charge in [-0.3, -0.25) is 4.79 Å². The number of anilines is 1. The average molecular weight is 492 g/mol. The van der Waals surface area contributed by atoms with Crippen LogP contribution < -0.4 is 10.1 Å². The molecule has 0 saturated heterocycles. The number of aliphatic imine (C=N–C) groups is 1. The molecule has 0 bridgehead atoms. The van der Waals surface area contributed by atoms with E-state index in [9.17, 15) is 9.59 Å². The van der Waals surface area contributed by atoms with E-state index in [1.165, 1.54) is 24.4 Å². The smallest absolute Gasteiger partial charge is 0.338 e. The monoisotopic (exact) mass is 491 g/mol. The van der Waals surface area contributed by atoms with Gasteiger partial charge in [-0.25, -0.2) is 9.79 Å². The van der Waals surface area contributed by atoms with Crippen LogP contribution in [-0.2, 0) is 14.3 Å². The molecule has 0 unspecified atom stereocenters. The zero-order chi connectivity index (χ0) is 25.1. The molecule has 0 saturated carbocycles. The van der Waals surface area contributed by atoms with Gasteiger partial charge in [0.15, 0.2) is 5.17 Å². The predicted molar refractivity (Wildman–Crippen MR) is 139 cm³/mol. The minimum absolute atomic E-state index is 0.122. The molecule has 2 aliphatic heterocycles. The molecule has 8 heteroatoms. The SMILES string of the molecule is COC(=O)C1=C(C)N=C2SC=C(CC(=O)Nc3ccc(C(C)C)cc3)N2[C@H]1c1ccccc1OC. The number of hydrogen-bond acceptors (Lipinski definition) is 7. The van der Waals surface area contributed by atoms with Gasteiger partial charge in [0.25, 0.3) is 0 Å². The molecule has 0 spiro atoms. The Labute approximate surface area is 209 Å². The molecule has 0 aliphatic carbocycles. The summed E-state index contributed by atoms with van der Waals surface area (Å²) in [4.78, 5) is 32.5. The van der Waals surface area contributed by atoms with Gasteiger partial charge >= 0.3 is 5.97 Å². The molecule has 2 aromatic rings. The van der Waals surface area contributed by atoms with Gasteiger partial charge in [0, 0.05) is 16.9 Å². The van der Waals surface area contributed by atoms with E-state index in [-0.39, 0.29) is 12.3 Å². The van der Waals surface area contributed by atoms with Crippen LogP contribution in [-0.4, -0.2) is 36.2 Å². The van der Waals surface area contributed by atoms with E-state index >= 15 is 0 Å². The Bertz CT molecular complexity index is 1230. The van der Waals surface area contributed by atoms with Gasteiger partial charge in [-0.15, -0.1) is 0 Å². The Morgan fingerprint density at radius 1 is 1.11 bits per heavy atom. The zero-order valence-electron chi connectivity index (χ0n) is 20.5. The highest BCUT2D eigenvalue weighted by molar-refractivity contribution is 8.16. The third kappa shape index (κ3) is 4.98. The summed E-state index contributed by atoms with van der Waals surface area (Å²) in [6, 6.07) is 14.9. The fourth-order valence-corrected chi connectivity index (χ4v) is 5.21. The maximum absolute atomic E-state index is 13.0. The Balaban J connectivity index is 1.64. The van der Waals surface area contributed by atoms with E-state index in [1.54, 1.807) is 14.0 Å². The molecule has 7 nitrogen and oxygen atoms in total. The number of carbonyl (C=O) groups is 2. The van der Waals surface area contributed by atoms with E-state index in [4.69, 9.17) is 9.47 Å².